The number of nitrogens with zero attached hydrogens (tertiary/aromatic N) is 2. The number of anilines is 2. The number of hydrogen-bond donors (Lipinski definition) is 3. The Bertz CT molecular complexity index is 1390. The second-order valence-electron chi connectivity index (χ2n) is 8.78. The lowest BCUT2D eigenvalue weighted by molar-refractivity contribution is -0.137. The van der Waals surface area contributed by atoms with Crippen LogP contribution in [0.1, 0.15) is 29.7 Å². The molecule has 1 amide bonds. The molecule has 36 heavy (non-hydrogen) atoms. The summed E-state index contributed by atoms with van der Waals surface area (Å²) < 4.78 is 67.7. The SMILES string of the molecule is COc1ccc(C(F)(F)F)cc1Nc1ncnc2[nH]c3c(c12)C[C@@H](C(=O)NCCCS(C)(=O)=O)CC3. The summed E-state index contributed by atoms with van der Waals surface area (Å²) in [6.45, 7) is 0.258. The summed E-state index contributed by atoms with van der Waals surface area (Å²) in [5.41, 5.74) is 1.49. The third-order valence-electron chi connectivity index (χ3n) is 6.12. The van der Waals surface area contributed by atoms with Gasteiger partial charge in [-0.2, -0.15) is 13.2 Å². The molecule has 0 saturated carbocycles. The molecule has 0 bridgehead atoms. The number of ether oxygens (including phenoxy) is 1. The van der Waals surface area contributed by atoms with Crippen molar-refractivity contribution in [3.8, 4) is 5.75 Å². The van der Waals surface area contributed by atoms with Gasteiger partial charge in [-0.3, -0.25) is 4.79 Å². The van der Waals surface area contributed by atoms with Crippen LogP contribution in [0, 0.1) is 5.92 Å². The molecule has 0 fully saturated rings. The van der Waals surface area contributed by atoms with Gasteiger partial charge >= 0.3 is 6.18 Å². The van der Waals surface area contributed by atoms with Crippen molar-refractivity contribution >= 4 is 38.3 Å². The average molecular weight is 526 g/mol. The predicted octanol–water partition coefficient (Wildman–Crippen LogP) is 3.38. The highest BCUT2D eigenvalue weighted by Crippen LogP contribution is 2.39. The van der Waals surface area contributed by atoms with E-state index in [4.69, 9.17) is 4.74 Å². The van der Waals surface area contributed by atoms with E-state index in [1.54, 1.807) is 0 Å². The van der Waals surface area contributed by atoms with E-state index >= 15 is 0 Å². The van der Waals surface area contributed by atoms with Crippen molar-refractivity contribution in [2.24, 2.45) is 5.92 Å². The second-order valence-corrected chi connectivity index (χ2v) is 11.0. The Hall–Kier alpha value is -3.35. The molecule has 4 rings (SSSR count). The maximum absolute atomic E-state index is 13.3. The molecule has 0 radical (unpaired) electrons. The van der Waals surface area contributed by atoms with E-state index in [-0.39, 0.29) is 35.6 Å². The van der Waals surface area contributed by atoms with E-state index in [0.29, 0.717) is 42.5 Å². The zero-order valence-electron chi connectivity index (χ0n) is 19.7. The summed E-state index contributed by atoms with van der Waals surface area (Å²) in [4.78, 5) is 24.5. The molecular formula is C23H26F3N5O4S. The largest absolute Gasteiger partial charge is 0.495 e. The van der Waals surface area contributed by atoms with Crippen LogP contribution in [0.4, 0.5) is 24.7 Å². The first-order valence-corrected chi connectivity index (χ1v) is 13.3. The number of aromatic nitrogens is 3. The van der Waals surface area contributed by atoms with Gasteiger partial charge in [0.15, 0.2) is 0 Å². The van der Waals surface area contributed by atoms with Crippen LogP contribution in [0.15, 0.2) is 24.5 Å². The van der Waals surface area contributed by atoms with E-state index in [9.17, 15) is 26.4 Å². The first kappa shape index (κ1) is 25.7. The Morgan fingerprint density at radius 3 is 2.75 bits per heavy atom. The van der Waals surface area contributed by atoms with Gasteiger partial charge in [-0.15, -0.1) is 0 Å². The number of hydrogen-bond acceptors (Lipinski definition) is 7. The Labute approximate surface area is 205 Å². The third-order valence-corrected chi connectivity index (χ3v) is 7.15. The first-order valence-electron chi connectivity index (χ1n) is 11.3. The van der Waals surface area contributed by atoms with Gasteiger partial charge < -0.3 is 20.4 Å². The minimum Gasteiger partial charge on any atom is -0.495 e. The number of aryl methyl sites for hydroxylation is 1. The number of methoxy groups -OCH3 is 1. The number of carbonyl (C=O) groups is 1. The normalized spacial score (nSPS) is 16.0. The van der Waals surface area contributed by atoms with Crippen LogP contribution < -0.4 is 15.4 Å². The number of rotatable bonds is 8. The number of sulfone groups is 1. The summed E-state index contributed by atoms with van der Waals surface area (Å²) >= 11 is 0. The summed E-state index contributed by atoms with van der Waals surface area (Å²) in [7, 11) is -1.74. The lowest BCUT2D eigenvalue weighted by atomic mass is 9.86. The van der Waals surface area contributed by atoms with Crippen molar-refractivity contribution in [1.29, 1.82) is 0 Å². The van der Waals surface area contributed by atoms with Crippen molar-refractivity contribution in [3.63, 3.8) is 0 Å². The number of halogens is 3. The summed E-state index contributed by atoms with van der Waals surface area (Å²) in [5.74, 6) is -0.00856. The number of benzene rings is 1. The van der Waals surface area contributed by atoms with Gasteiger partial charge in [0.1, 0.15) is 33.4 Å². The van der Waals surface area contributed by atoms with Crippen molar-refractivity contribution in [3.05, 3.63) is 41.3 Å². The fourth-order valence-corrected chi connectivity index (χ4v) is 5.03. The van der Waals surface area contributed by atoms with Crippen LogP contribution >= 0.6 is 0 Å². The topological polar surface area (TPSA) is 126 Å². The minimum atomic E-state index is -4.53. The minimum absolute atomic E-state index is 0.00405. The maximum Gasteiger partial charge on any atom is 0.416 e. The van der Waals surface area contributed by atoms with Crippen LogP contribution in [0.2, 0.25) is 0 Å². The van der Waals surface area contributed by atoms with E-state index in [1.165, 1.54) is 19.5 Å². The van der Waals surface area contributed by atoms with Gasteiger partial charge in [0.2, 0.25) is 5.91 Å². The summed E-state index contributed by atoms with van der Waals surface area (Å²) in [6.07, 6.45) is -0.186. The van der Waals surface area contributed by atoms with Gasteiger partial charge in [-0.1, -0.05) is 0 Å². The molecule has 3 N–H and O–H groups in total. The first-order chi connectivity index (χ1) is 17.0. The zero-order valence-corrected chi connectivity index (χ0v) is 20.5. The van der Waals surface area contributed by atoms with Crippen LogP contribution in [0.5, 0.6) is 5.75 Å². The Balaban J connectivity index is 1.59. The predicted molar refractivity (Wildman–Crippen MR) is 128 cm³/mol. The smallest absolute Gasteiger partial charge is 0.416 e. The fourth-order valence-electron chi connectivity index (χ4n) is 4.36. The van der Waals surface area contributed by atoms with Crippen molar-refractivity contribution < 1.29 is 31.1 Å². The number of amides is 1. The molecule has 2 aromatic heterocycles. The van der Waals surface area contributed by atoms with Crippen molar-refractivity contribution in [2.45, 2.75) is 31.9 Å². The second kappa shape index (κ2) is 9.96. The van der Waals surface area contributed by atoms with E-state index in [2.05, 4.69) is 25.6 Å². The quantitative estimate of drug-likeness (QED) is 0.385. The molecule has 2 heterocycles. The highest BCUT2D eigenvalue weighted by Gasteiger charge is 2.32. The molecule has 194 valence electrons. The maximum atomic E-state index is 13.3. The number of aromatic amines is 1. The van der Waals surface area contributed by atoms with Gasteiger partial charge in [-0.05, 0) is 49.4 Å². The van der Waals surface area contributed by atoms with E-state index in [0.717, 1.165) is 29.6 Å². The molecule has 0 aliphatic heterocycles. The zero-order chi connectivity index (χ0) is 26.1. The number of fused-ring (bicyclic) bond motifs is 3. The Morgan fingerprint density at radius 2 is 2.06 bits per heavy atom. The van der Waals surface area contributed by atoms with Crippen LogP contribution in [-0.4, -0.2) is 54.9 Å². The van der Waals surface area contributed by atoms with Gasteiger partial charge in [0, 0.05) is 24.4 Å². The van der Waals surface area contributed by atoms with E-state index in [1.807, 2.05) is 0 Å². The van der Waals surface area contributed by atoms with Crippen LogP contribution in [0.25, 0.3) is 11.0 Å². The Morgan fingerprint density at radius 1 is 1.28 bits per heavy atom. The molecule has 0 spiro atoms. The third kappa shape index (κ3) is 5.72. The van der Waals surface area contributed by atoms with Crippen LogP contribution in [-0.2, 0) is 33.6 Å². The molecular weight excluding hydrogens is 499 g/mol. The van der Waals surface area contributed by atoms with Gasteiger partial charge in [0.05, 0.1) is 29.5 Å². The van der Waals surface area contributed by atoms with Crippen molar-refractivity contribution in [1.82, 2.24) is 20.3 Å². The van der Waals surface area contributed by atoms with Gasteiger partial charge in [-0.25, -0.2) is 18.4 Å². The Kier molecular flexibility index (Phi) is 7.12. The molecule has 1 aliphatic rings. The molecule has 1 aliphatic carbocycles. The number of nitrogens with one attached hydrogen (secondary N) is 3. The highest BCUT2D eigenvalue weighted by atomic mass is 32.2. The number of H-pyrrole nitrogens is 1. The highest BCUT2D eigenvalue weighted by molar-refractivity contribution is 7.90. The van der Waals surface area contributed by atoms with E-state index < -0.39 is 21.6 Å². The lowest BCUT2D eigenvalue weighted by Gasteiger charge is -2.22. The number of alkyl halides is 3. The monoisotopic (exact) mass is 525 g/mol. The molecule has 9 nitrogen and oxygen atoms in total. The molecule has 0 saturated heterocycles. The fraction of sp³-hybridized carbons (Fsp3) is 0.435. The molecule has 13 heteroatoms. The van der Waals surface area contributed by atoms with Crippen LogP contribution in [0.3, 0.4) is 0 Å². The van der Waals surface area contributed by atoms with Gasteiger partial charge in [0.25, 0.3) is 0 Å². The molecule has 0 unspecified atom stereocenters. The summed E-state index contributed by atoms with van der Waals surface area (Å²) in [5, 5.41) is 6.36. The molecule has 1 atom stereocenters. The number of carbonyl (C=O) groups excluding carboxylic acids is 1. The molecule has 3 aromatic rings. The molecule has 1 aromatic carbocycles. The van der Waals surface area contributed by atoms with Crippen molar-refractivity contribution in [2.75, 3.05) is 31.0 Å². The standard InChI is InChI=1S/C23H26F3N5O4S/c1-35-18-7-5-14(23(24,25)26)11-17(18)31-21-19-15-10-13(22(32)27-8-3-9-36(2,33)34)4-6-16(15)30-20(19)28-12-29-21/h5,7,11-13H,3-4,6,8-10H2,1-2H3,(H,27,32)(H2,28,29,30,31)/t13-/m0/s1. The average Bonchev–Trinajstić information content (AvgIpc) is 3.19. The summed E-state index contributed by atoms with van der Waals surface area (Å²) in [6, 6.07) is 3.13. The lowest BCUT2D eigenvalue weighted by Crippen LogP contribution is -2.35.